The lowest BCUT2D eigenvalue weighted by molar-refractivity contribution is 1.25. The highest BCUT2D eigenvalue weighted by molar-refractivity contribution is 5.88. The molecule has 0 bridgehead atoms. The second-order valence-corrected chi connectivity index (χ2v) is 5.86. The van der Waals surface area contributed by atoms with Crippen molar-refractivity contribution >= 4 is 6.08 Å². The molecule has 0 unspecified atom stereocenters. The maximum Gasteiger partial charge on any atom is 0.0463 e. The van der Waals surface area contributed by atoms with Crippen LogP contribution in [0.25, 0.3) is 28.5 Å². The number of fused-ring (bicyclic) bond motifs is 3. The Hall–Kier alpha value is -2.80. The number of aromatic amines is 1. The van der Waals surface area contributed by atoms with Crippen LogP contribution in [0, 0.1) is 0 Å². The molecule has 1 N–H and O–H groups in total. The van der Waals surface area contributed by atoms with Crippen molar-refractivity contribution in [3.8, 4) is 22.4 Å². The number of H-pyrrole nitrogens is 1. The van der Waals surface area contributed by atoms with Gasteiger partial charge in [-0.25, -0.2) is 0 Å². The molecule has 112 valence electrons. The van der Waals surface area contributed by atoms with Crippen LogP contribution in [0.2, 0.25) is 0 Å². The van der Waals surface area contributed by atoms with Gasteiger partial charge >= 0.3 is 0 Å². The van der Waals surface area contributed by atoms with Gasteiger partial charge in [-0.3, -0.25) is 0 Å². The normalized spacial score (nSPS) is 12.9. The molecule has 0 atom stereocenters. The van der Waals surface area contributed by atoms with Gasteiger partial charge in [-0.1, -0.05) is 60.7 Å². The molecule has 0 aliphatic heterocycles. The Morgan fingerprint density at radius 1 is 0.913 bits per heavy atom. The van der Waals surface area contributed by atoms with Crippen LogP contribution in [0.3, 0.4) is 0 Å². The van der Waals surface area contributed by atoms with Crippen LogP contribution in [0.4, 0.5) is 0 Å². The zero-order valence-electron chi connectivity index (χ0n) is 13.2. The molecule has 0 saturated heterocycles. The van der Waals surface area contributed by atoms with Crippen LogP contribution >= 0.6 is 0 Å². The van der Waals surface area contributed by atoms with E-state index >= 15 is 0 Å². The molecule has 0 amide bonds. The molecular weight excluding hydrogens is 278 g/mol. The molecule has 4 rings (SSSR count). The summed E-state index contributed by atoms with van der Waals surface area (Å²) in [5, 5.41) is 0. The first-order chi connectivity index (χ1) is 11.4. The topological polar surface area (TPSA) is 15.8 Å². The Balaban J connectivity index is 1.93. The third-order valence-electron chi connectivity index (χ3n) is 4.47. The number of benzene rings is 2. The number of rotatable bonds is 3. The van der Waals surface area contributed by atoms with E-state index in [1.165, 1.54) is 39.1 Å². The van der Waals surface area contributed by atoms with E-state index in [0.29, 0.717) is 0 Å². The van der Waals surface area contributed by atoms with E-state index in [2.05, 4.69) is 71.7 Å². The predicted octanol–water partition coefficient (Wildman–Crippen LogP) is 5.84. The Labute approximate surface area is 137 Å². The van der Waals surface area contributed by atoms with Crippen LogP contribution < -0.4 is 0 Å². The number of nitrogens with one attached hydrogen (secondary N) is 1. The molecule has 0 spiro atoms. The molecule has 2 aromatic carbocycles. The standard InChI is InChI=1S/C22H19N/c1-2-3-4-8-16-12-13-19-18-10-6-5-9-17(18)15-20(19)22(16)21-11-7-14-23-21/h2-14,23H,15H2,1H3. The highest BCUT2D eigenvalue weighted by Gasteiger charge is 2.23. The molecule has 1 aliphatic carbocycles. The first-order valence-electron chi connectivity index (χ1n) is 8.06. The monoisotopic (exact) mass is 297 g/mol. The van der Waals surface area contributed by atoms with Crippen molar-refractivity contribution in [3.63, 3.8) is 0 Å². The summed E-state index contributed by atoms with van der Waals surface area (Å²) < 4.78 is 0. The van der Waals surface area contributed by atoms with E-state index in [1.807, 2.05) is 19.2 Å². The van der Waals surface area contributed by atoms with E-state index < -0.39 is 0 Å². The Morgan fingerprint density at radius 2 is 1.83 bits per heavy atom. The van der Waals surface area contributed by atoms with Crippen molar-refractivity contribution < 1.29 is 0 Å². The minimum absolute atomic E-state index is 1.01. The van der Waals surface area contributed by atoms with Crippen LogP contribution in [0.5, 0.6) is 0 Å². The minimum Gasteiger partial charge on any atom is -0.361 e. The summed E-state index contributed by atoms with van der Waals surface area (Å²) in [6, 6.07) is 17.5. The second kappa shape index (κ2) is 5.77. The third kappa shape index (κ3) is 2.35. The van der Waals surface area contributed by atoms with Crippen molar-refractivity contribution in [1.82, 2.24) is 4.98 Å². The first kappa shape index (κ1) is 13.8. The van der Waals surface area contributed by atoms with E-state index in [0.717, 1.165) is 6.42 Å². The summed E-state index contributed by atoms with van der Waals surface area (Å²) in [4.78, 5) is 3.39. The smallest absolute Gasteiger partial charge is 0.0463 e. The summed E-state index contributed by atoms with van der Waals surface area (Å²) in [7, 11) is 0. The fourth-order valence-electron chi connectivity index (χ4n) is 3.44. The SMILES string of the molecule is CC=CC=Cc1ccc2c(c1-c1ccc[nH]1)Cc1ccccc1-2. The summed E-state index contributed by atoms with van der Waals surface area (Å²) >= 11 is 0. The van der Waals surface area contributed by atoms with Crippen molar-refractivity contribution in [2.75, 3.05) is 0 Å². The van der Waals surface area contributed by atoms with Crippen molar-refractivity contribution in [1.29, 1.82) is 0 Å². The van der Waals surface area contributed by atoms with Crippen LogP contribution in [0.15, 0.2) is 73.0 Å². The Kier molecular flexibility index (Phi) is 3.47. The van der Waals surface area contributed by atoms with E-state index in [9.17, 15) is 0 Å². The van der Waals surface area contributed by atoms with E-state index in [1.54, 1.807) is 0 Å². The number of aromatic nitrogens is 1. The lowest BCUT2D eigenvalue weighted by Gasteiger charge is -2.11. The average Bonchev–Trinajstić information content (AvgIpc) is 3.22. The Bertz CT molecular complexity index is 896. The zero-order valence-corrected chi connectivity index (χ0v) is 13.2. The van der Waals surface area contributed by atoms with Gasteiger partial charge in [-0.05, 0) is 53.3 Å². The molecule has 1 nitrogen and oxygen atoms in total. The summed E-state index contributed by atoms with van der Waals surface area (Å²) in [5.41, 5.74) is 9.37. The molecule has 23 heavy (non-hydrogen) atoms. The maximum atomic E-state index is 3.39. The lowest BCUT2D eigenvalue weighted by Crippen LogP contribution is -1.92. The average molecular weight is 297 g/mol. The maximum absolute atomic E-state index is 3.39. The molecule has 1 heterocycles. The van der Waals surface area contributed by atoms with Crippen LogP contribution in [-0.2, 0) is 6.42 Å². The molecule has 0 radical (unpaired) electrons. The van der Waals surface area contributed by atoms with Gasteiger partial charge in [0.2, 0.25) is 0 Å². The quantitative estimate of drug-likeness (QED) is 0.457. The molecular formula is C22H19N. The third-order valence-corrected chi connectivity index (χ3v) is 4.47. The van der Waals surface area contributed by atoms with Gasteiger partial charge in [-0.2, -0.15) is 0 Å². The fraction of sp³-hybridized carbons (Fsp3) is 0.0909. The number of allylic oxidation sites excluding steroid dienone is 3. The minimum atomic E-state index is 1.01. The molecule has 1 heteroatoms. The van der Waals surface area contributed by atoms with E-state index in [4.69, 9.17) is 0 Å². The fourth-order valence-corrected chi connectivity index (χ4v) is 3.44. The van der Waals surface area contributed by atoms with Gasteiger partial charge in [0.1, 0.15) is 0 Å². The number of hydrogen-bond acceptors (Lipinski definition) is 0. The molecule has 1 aromatic heterocycles. The van der Waals surface area contributed by atoms with Crippen molar-refractivity contribution in [3.05, 3.63) is 89.6 Å². The van der Waals surface area contributed by atoms with Crippen molar-refractivity contribution in [2.24, 2.45) is 0 Å². The predicted molar refractivity (Wildman–Crippen MR) is 98.3 cm³/mol. The van der Waals surface area contributed by atoms with Gasteiger partial charge in [0.25, 0.3) is 0 Å². The summed E-state index contributed by atoms with van der Waals surface area (Å²) in [6.07, 6.45) is 11.4. The van der Waals surface area contributed by atoms with Crippen LogP contribution in [-0.4, -0.2) is 4.98 Å². The van der Waals surface area contributed by atoms with Gasteiger partial charge in [0.05, 0.1) is 0 Å². The van der Waals surface area contributed by atoms with Gasteiger partial charge in [0, 0.05) is 17.5 Å². The van der Waals surface area contributed by atoms with E-state index in [-0.39, 0.29) is 0 Å². The van der Waals surface area contributed by atoms with Gasteiger partial charge < -0.3 is 4.98 Å². The van der Waals surface area contributed by atoms with Gasteiger partial charge in [0.15, 0.2) is 0 Å². The molecule has 0 fully saturated rings. The highest BCUT2D eigenvalue weighted by atomic mass is 14.7. The van der Waals surface area contributed by atoms with Gasteiger partial charge in [-0.15, -0.1) is 0 Å². The highest BCUT2D eigenvalue weighted by Crippen LogP contribution is 2.43. The number of hydrogen-bond donors (Lipinski definition) is 1. The van der Waals surface area contributed by atoms with Crippen LogP contribution in [0.1, 0.15) is 23.6 Å². The summed E-state index contributed by atoms with van der Waals surface area (Å²) in [5.74, 6) is 0. The van der Waals surface area contributed by atoms with Crippen molar-refractivity contribution in [2.45, 2.75) is 13.3 Å². The molecule has 0 saturated carbocycles. The largest absolute Gasteiger partial charge is 0.361 e. The zero-order chi connectivity index (χ0) is 15.6. The Morgan fingerprint density at radius 3 is 2.65 bits per heavy atom. The second-order valence-electron chi connectivity index (χ2n) is 5.86. The molecule has 3 aromatic rings. The first-order valence-corrected chi connectivity index (χ1v) is 8.06. The summed E-state index contributed by atoms with van der Waals surface area (Å²) in [6.45, 7) is 2.04. The lowest BCUT2D eigenvalue weighted by atomic mass is 9.93. The molecule has 1 aliphatic rings.